The number of anilines is 1. The van der Waals surface area contributed by atoms with Crippen LogP contribution in [0.15, 0.2) is 36.7 Å². The van der Waals surface area contributed by atoms with Crippen molar-refractivity contribution in [2.75, 3.05) is 32.2 Å². The molecule has 0 saturated carbocycles. The number of hydrogen-bond acceptors (Lipinski definition) is 5. The number of piperidine rings is 1. The fourth-order valence-corrected chi connectivity index (χ4v) is 4.07. The van der Waals surface area contributed by atoms with Gasteiger partial charge in [0, 0.05) is 36.7 Å². The Morgan fingerprint density at radius 1 is 1.25 bits per heavy atom. The van der Waals surface area contributed by atoms with Crippen molar-refractivity contribution in [3.8, 4) is 5.69 Å². The zero-order valence-electron chi connectivity index (χ0n) is 16.2. The maximum absolute atomic E-state index is 13.1. The zero-order valence-corrected chi connectivity index (χ0v) is 16.2. The van der Waals surface area contributed by atoms with Crippen molar-refractivity contribution in [2.45, 2.75) is 24.9 Å². The fourth-order valence-electron chi connectivity index (χ4n) is 4.07. The molecule has 2 aromatic rings. The maximum Gasteiger partial charge on any atom is 0.258 e. The molecule has 0 bridgehead atoms. The first-order chi connectivity index (χ1) is 13.4. The van der Waals surface area contributed by atoms with E-state index >= 15 is 0 Å². The molecule has 3 heterocycles. The zero-order chi connectivity index (χ0) is 19.9. The minimum atomic E-state index is -1.31. The smallest absolute Gasteiger partial charge is 0.258 e. The van der Waals surface area contributed by atoms with Gasteiger partial charge in [-0.05, 0) is 51.2 Å². The molecule has 2 fully saturated rings. The highest BCUT2D eigenvalue weighted by Crippen LogP contribution is 2.37. The molecule has 28 heavy (non-hydrogen) atoms. The van der Waals surface area contributed by atoms with Crippen molar-refractivity contribution in [3.63, 3.8) is 0 Å². The van der Waals surface area contributed by atoms with Crippen LogP contribution >= 0.6 is 0 Å². The van der Waals surface area contributed by atoms with Crippen LogP contribution in [-0.2, 0) is 16.1 Å². The van der Waals surface area contributed by atoms with E-state index < -0.39 is 11.4 Å². The molecule has 2 amide bonds. The van der Waals surface area contributed by atoms with Gasteiger partial charge in [-0.15, -0.1) is 0 Å². The van der Waals surface area contributed by atoms with Gasteiger partial charge in [0.2, 0.25) is 5.91 Å². The molecule has 2 aliphatic heterocycles. The topological polar surface area (TPSA) is 87.7 Å². The number of carbonyl (C=O) groups is 2. The summed E-state index contributed by atoms with van der Waals surface area (Å²) in [5.74, 6) is 0.0841. The molecule has 2 saturated heterocycles. The number of aromatic nitrogens is 2. The molecule has 0 unspecified atom stereocenters. The number of nitrogens with zero attached hydrogens (tertiary/aromatic N) is 5. The molecule has 1 atom stereocenters. The van der Waals surface area contributed by atoms with Crippen LogP contribution in [0.2, 0.25) is 0 Å². The summed E-state index contributed by atoms with van der Waals surface area (Å²) in [6, 6.07) is 7.72. The predicted octanol–water partition coefficient (Wildman–Crippen LogP) is 0.762. The Balaban J connectivity index is 1.61. The number of fused-ring (bicyclic) bond motifs is 1. The SMILES string of the molecule is CN(C)Cc1nccn1-c1ccc(N2CN3CCC[CH][C@]3(C(N)=O)C2=O)cc1. The number of carbonyl (C=O) groups excluding carboxylic acids is 2. The van der Waals surface area contributed by atoms with E-state index in [0.29, 0.717) is 19.6 Å². The van der Waals surface area contributed by atoms with Crippen molar-refractivity contribution in [2.24, 2.45) is 5.73 Å². The number of hydrogen-bond donors (Lipinski definition) is 1. The number of imidazole rings is 1. The van der Waals surface area contributed by atoms with Crippen LogP contribution in [0.5, 0.6) is 0 Å². The van der Waals surface area contributed by atoms with E-state index in [9.17, 15) is 9.59 Å². The highest BCUT2D eigenvalue weighted by Gasteiger charge is 2.58. The van der Waals surface area contributed by atoms with E-state index in [1.165, 1.54) is 0 Å². The third kappa shape index (κ3) is 2.89. The van der Waals surface area contributed by atoms with Crippen LogP contribution in [0, 0.1) is 6.42 Å². The summed E-state index contributed by atoms with van der Waals surface area (Å²) in [4.78, 5) is 35.3. The van der Waals surface area contributed by atoms with Crippen molar-refractivity contribution in [1.82, 2.24) is 19.4 Å². The maximum atomic E-state index is 13.1. The lowest BCUT2D eigenvalue weighted by molar-refractivity contribution is -0.136. The van der Waals surface area contributed by atoms with Gasteiger partial charge < -0.3 is 15.2 Å². The third-order valence-corrected chi connectivity index (χ3v) is 5.44. The number of primary amides is 1. The van der Waals surface area contributed by atoms with Crippen LogP contribution in [0.4, 0.5) is 5.69 Å². The van der Waals surface area contributed by atoms with Gasteiger partial charge in [-0.3, -0.25) is 19.4 Å². The van der Waals surface area contributed by atoms with E-state index in [1.807, 2.05) is 54.0 Å². The normalized spacial score (nSPS) is 22.7. The molecule has 8 nitrogen and oxygen atoms in total. The van der Waals surface area contributed by atoms with Crippen molar-refractivity contribution in [1.29, 1.82) is 0 Å². The standard InChI is InChI=1S/C20H25N6O2/c1-23(2)13-17-22-10-12-25(17)15-5-7-16(8-6-15)26-14-24-11-4-3-9-20(24,18(21)27)19(26)28/h5-10,12H,3-4,11,13-14H2,1-2H3,(H2,21,27)/t20-/m0/s1. The Kier molecular flexibility index (Phi) is 4.68. The van der Waals surface area contributed by atoms with Gasteiger partial charge in [0.1, 0.15) is 5.82 Å². The molecule has 1 aromatic heterocycles. The molecule has 147 valence electrons. The quantitative estimate of drug-likeness (QED) is 0.773. The monoisotopic (exact) mass is 381 g/mol. The number of benzene rings is 1. The Morgan fingerprint density at radius 3 is 2.61 bits per heavy atom. The van der Waals surface area contributed by atoms with E-state index in [1.54, 1.807) is 17.5 Å². The summed E-state index contributed by atoms with van der Waals surface area (Å²) in [6.07, 6.45) is 7.11. The lowest BCUT2D eigenvalue weighted by atomic mass is 9.86. The van der Waals surface area contributed by atoms with Gasteiger partial charge >= 0.3 is 0 Å². The van der Waals surface area contributed by atoms with E-state index in [2.05, 4.69) is 9.88 Å². The molecule has 2 aliphatic rings. The van der Waals surface area contributed by atoms with Gasteiger partial charge in [-0.25, -0.2) is 4.98 Å². The summed E-state index contributed by atoms with van der Waals surface area (Å²) < 4.78 is 2.03. The molecule has 2 N–H and O–H groups in total. The van der Waals surface area contributed by atoms with Crippen LogP contribution in [-0.4, -0.2) is 64.0 Å². The summed E-state index contributed by atoms with van der Waals surface area (Å²) in [5.41, 5.74) is 6.07. The molecule has 4 rings (SSSR count). The molecule has 0 aliphatic carbocycles. The lowest BCUT2D eigenvalue weighted by Crippen LogP contribution is -2.60. The van der Waals surface area contributed by atoms with Crippen LogP contribution in [0.3, 0.4) is 0 Å². The van der Waals surface area contributed by atoms with Gasteiger partial charge in [0.25, 0.3) is 5.91 Å². The largest absolute Gasteiger partial charge is 0.368 e. The molecule has 1 radical (unpaired) electrons. The first kappa shape index (κ1) is 18.6. The molecule has 1 aromatic carbocycles. The Bertz CT molecular complexity index is 890. The van der Waals surface area contributed by atoms with Gasteiger partial charge in [0.15, 0.2) is 5.54 Å². The minimum absolute atomic E-state index is 0.261. The van der Waals surface area contributed by atoms with Crippen LogP contribution in [0.25, 0.3) is 5.69 Å². The molecule has 0 spiro atoms. The van der Waals surface area contributed by atoms with Gasteiger partial charge in [-0.1, -0.05) is 0 Å². The van der Waals surface area contributed by atoms with E-state index in [4.69, 9.17) is 5.73 Å². The summed E-state index contributed by atoms with van der Waals surface area (Å²) >= 11 is 0. The summed E-state index contributed by atoms with van der Waals surface area (Å²) in [6.45, 7) is 1.78. The number of rotatable bonds is 5. The number of amides is 2. The third-order valence-electron chi connectivity index (χ3n) is 5.44. The summed E-state index contributed by atoms with van der Waals surface area (Å²) in [5, 5.41) is 0. The van der Waals surface area contributed by atoms with Crippen LogP contribution in [0.1, 0.15) is 18.7 Å². The second-order valence-corrected chi connectivity index (χ2v) is 7.58. The molecule has 8 heteroatoms. The Labute approximate surface area is 164 Å². The average Bonchev–Trinajstić information content (AvgIpc) is 3.25. The second kappa shape index (κ2) is 7.03. The highest BCUT2D eigenvalue weighted by atomic mass is 16.2. The minimum Gasteiger partial charge on any atom is -0.368 e. The van der Waals surface area contributed by atoms with E-state index in [0.717, 1.165) is 30.2 Å². The molecular weight excluding hydrogens is 356 g/mol. The van der Waals surface area contributed by atoms with Gasteiger partial charge in [0.05, 0.1) is 13.2 Å². The first-order valence-electron chi connectivity index (χ1n) is 9.42. The number of nitrogens with two attached hydrogens (primary N) is 1. The van der Waals surface area contributed by atoms with Crippen LogP contribution < -0.4 is 10.6 Å². The van der Waals surface area contributed by atoms with Crippen molar-refractivity contribution >= 4 is 17.5 Å². The van der Waals surface area contributed by atoms with Crippen molar-refractivity contribution in [3.05, 3.63) is 48.9 Å². The average molecular weight is 381 g/mol. The fraction of sp³-hybridized carbons (Fsp3) is 0.400. The Morgan fingerprint density at radius 2 is 1.96 bits per heavy atom. The Hall–Kier alpha value is -2.71. The first-order valence-corrected chi connectivity index (χ1v) is 9.42. The predicted molar refractivity (Wildman–Crippen MR) is 105 cm³/mol. The van der Waals surface area contributed by atoms with Crippen molar-refractivity contribution < 1.29 is 9.59 Å². The van der Waals surface area contributed by atoms with E-state index in [-0.39, 0.29) is 5.91 Å². The highest BCUT2D eigenvalue weighted by molar-refractivity contribution is 6.18. The lowest BCUT2D eigenvalue weighted by Gasteiger charge is -2.35. The molecular formula is C20H25N6O2. The summed E-state index contributed by atoms with van der Waals surface area (Å²) in [7, 11) is 4.00. The second-order valence-electron chi connectivity index (χ2n) is 7.58. The van der Waals surface area contributed by atoms with Gasteiger partial charge in [-0.2, -0.15) is 0 Å².